The maximum absolute atomic E-state index is 12.5. The molecule has 3 rings (SSSR count). The summed E-state index contributed by atoms with van der Waals surface area (Å²) in [6, 6.07) is 8.73. The summed E-state index contributed by atoms with van der Waals surface area (Å²) in [5, 5.41) is 2.70. The number of aromatic nitrogens is 3. The minimum atomic E-state index is -0.533. The Labute approximate surface area is 160 Å². The number of hydrogen-bond donors (Lipinski definition) is 2. The van der Waals surface area contributed by atoms with Crippen molar-refractivity contribution in [3.05, 3.63) is 76.5 Å². The first-order chi connectivity index (χ1) is 13.0. The van der Waals surface area contributed by atoms with Crippen molar-refractivity contribution in [1.29, 1.82) is 0 Å². The lowest BCUT2D eigenvalue weighted by Crippen LogP contribution is -2.16. The minimum Gasteiger partial charge on any atom is -0.382 e. The van der Waals surface area contributed by atoms with Crippen LogP contribution in [0.25, 0.3) is 0 Å². The zero-order valence-electron chi connectivity index (χ0n) is 14.4. The van der Waals surface area contributed by atoms with E-state index in [-0.39, 0.29) is 28.7 Å². The lowest BCUT2D eigenvalue weighted by Gasteiger charge is -2.11. The lowest BCUT2D eigenvalue weighted by molar-refractivity contribution is 0.0989. The zero-order valence-corrected chi connectivity index (χ0v) is 15.2. The smallest absolute Gasteiger partial charge is 0.276 e. The fraction of sp³-hybridized carbons (Fsp3) is 0.105. The molecule has 1 amide bonds. The predicted octanol–water partition coefficient (Wildman–Crippen LogP) is 3.09. The summed E-state index contributed by atoms with van der Waals surface area (Å²) < 4.78 is 0. The summed E-state index contributed by atoms with van der Waals surface area (Å²) in [6.07, 6.45) is 4.68. The van der Waals surface area contributed by atoms with Crippen LogP contribution in [0, 0.1) is 6.92 Å². The highest BCUT2D eigenvalue weighted by molar-refractivity contribution is 6.36. The number of ketones is 1. The molecule has 0 fully saturated rings. The fourth-order valence-electron chi connectivity index (χ4n) is 2.44. The molecule has 0 atom stereocenters. The van der Waals surface area contributed by atoms with Crippen molar-refractivity contribution >= 4 is 34.8 Å². The molecule has 0 aliphatic carbocycles. The number of hydrogen-bond acceptors (Lipinski definition) is 6. The van der Waals surface area contributed by atoms with Gasteiger partial charge < -0.3 is 11.1 Å². The number of anilines is 2. The lowest BCUT2D eigenvalue weighted by atomic mass is 10.0. The van der Waals surface area contributed by atoms with E-state index in [0.717, 1.165) is 17.5 Å². The summed E-state index contributed by atoms with van der Waals surface area (Å²) in [7, 11) is 0. The van der Waals surface area contributed by atoms with Gasteiger partial charge in [0.15, 0.2) is 11.5 Å². The molecular formula is C19H16ClN5O2. The normalized spacial score (nSPS) is 10.4. The van der Waals surface area contributed by atoms with Crippen molar-refractivity contribution in [3.63, 3.8) is 0 Å². The van der Waals surface area contributed by atoms with E-state index in [9.17, 15) is 9.59 Å². The number of nitrogens with one attached hydrogen (secondary N) is 1. The van der Waals surface area contributed by atoms with E-state index in [2.05, 4.69) is 20.3 Å². The van der Waals surface area contributed by atoms with Crippen molar-refractivity contribution in [1.82, 2.24) is 15.0 Å². The zero-order chi connectivity index (χ0) is 19.4. The minimum absolute atomic E-state index is 0.0172. The summed E-state index contributed by atoms with van der Waals surface area (Å²) in [5.74, 6) is -0.592. The highest BCUT2D eigenvalue weighted by Gasteiger charge is 2.17. The second-order valence-corrected chi connectivity index (χ2v) is 6.24. The van der Waals surface area contributed by atoms with E-state index < -0.39 is 5.91 Å². The first-order valence-electron chi connectivity index (χ1n) is 8.06. The number of halogens is 1. The Morgan fingerprint density at radius 1 is 1.22 bits per heavy atom. The van der Waals surface area contributed by atoms with Crippen LogP contribution in [0.3, 0.4) is 0 Å². The first-order valence-corrected chi connectivity index (χ1v) is 8.43. The summed E-state index contributed by atoms with van der Waals surface area (Å²) in [6.45, 7) is 1.82. The van der Waals surface area contributed by atoms with Gasteiger partial charge in [-0.3, -0.25) is 14.6 Å². The van der Waals surface area contributed by atoms with Gasteiger partial charge in [-0.15, -0.1) is 0 Å². The Morgan fingerprint density at radius 2 is 2.04 bits per heavy atom. The molecule has 2 heterocycles. The molecule has 2 aromatic heterocycles. The molecule has 1 aromatic carbocycles. The van der Waals surface area contributed by atoms with Crippen LogP contribution in [0.15, 0.2) is 49.1 Å². The van der Waals surface area contributed by atoms with Crippen molar-refractivity contribution < 1.29 is 9.59 Å². The molecule has 3 aromatic rings. The molecule has 136 valence electrons. The Balaban J connectivity index is 1.82. The molecule has 0 saturated carbocycles. The molecule has 0 saturated heterocycles. The number of rotatable bonds is 5. The van der Waals surface area contributed by atoms with Crippen LogP contribution in [-0.2, 0) is 6.42 Å². The van der Waals surface area contributed by atoms with Gasteiger partial charge in [0.05, 0.1) is 0 Å². The molecule has 0 spiro atoms. The van der Waals surface area contributed by atoms with Crippen molar-refractivity contribution in [3.8, 4) is 0 Å². The van der Waals surface area contributed by atoms with Gasteiger partial charge in [-0.25, -0.2) is 9.97 Å². The van der Waals surface area contributed by atoms with Crippen molar-refractivity contribution in [2.45, 2.75) is 13.3 Å². The summed E-state index contributed by atoms with van der Waals surface area (Å²) in [4.78, 5) is 36.6. The van der Waals surface area contributed by atoms with Crippen molar-refractivity contribution in [2.75, 3.05) is 11.1 Å². The molecule has 0 aliphatic heterocycles. The molecular weight excluding hydrogens is 366 g/mol. The predicted molar refractivity (Wildman–Crippen MR) is 103 cm³/mol. The number of aryl methyl sites for hydroxylation is 1. The molecule has 0 unspecified atom stereocenters. The second-order valence-electron chi connectivity index (χ2n) is 5.87. The topological polar surface area (TPSA) is 111 Å². The van der Waals surface area contributed by atoms with Gasteiger partial charge in [0.1, 0.15) is 17.2 Å². The molecule has 3 N–H and O–H groups in total. The maximum Gasteiger partial charge on any atom is 0.276 e. The third-order valence-corrected chi connectivity index (χ3v) is 4.30. The number of nitrogens with zero attached hydrogens (tertiary/aromatic N) is 3. The third kappa shape index (κ3) is 4.27. The number of amides is 1. The average molecular weight is 382 g/mol. The highest BCUT2D eigenvalue weighted by Crippen LogP contribution is 2.22. The molecule has 8 heteroatoms. The van der Waals surface area contributed by atoms with Crippen LogP contribution in [0.2, 0.25) is 5.02 Å². The number of carbonyl (C=O) groups is 2. The van der Waals surface area contributed by atoms with Gasteiger partial charge in [-0.05, 0) is 30.2 Å². The largest absolute Gasteiger partial charge is 0.382 e. The van der Waals surface area contributed by atoms with E-state index in [1.807, 2.05) is 13.0 Å². The van der Waals surface area contributed by atoms with E-state index in [4.69, 9.17) is 17.3 Å². The monoisotopic (exact) mass is 381 g/mol. The number of Topliss-reactive ketones (excluding diaryl/α,β-unsaturated/α-hetero) is 1. The van der Waals surface area contributed by atoms with Crippen LogP contribution < -0.4 is 11.1 Å². The Kier molecular flexibility index (Phi) is 5.42. The quantitative estimate of drug-likeness (QED) is 0.657. The fourth-order valence-corrected chi connectivity index (χ4v) is 2.63. The van der Waals surface area contributed by atoms with Crippen LogP contribution >= 0.6 is 11.6 Å². The highest BCUT2D eigenvalue weighted by atomic mass is 35.5. The Hall–Kier alpha value is -3.32. The van der Waals surface area contributed by atoms with Crippen LogP contribution in [-0.4, -0.2) is 26.6 Å². The Morgan fingerprint density at radius 3 is 2.78 bits per heavy atom. The summed E-state index contributed by atoms with van der Waals surface area (Å²) in [5.41, 5.74) is 8.15. The molecule has 0 aliphatic rings. The van der Waals surface area contributed by atoms with Crippen LogP contribution in [0.5, 0.6) is 0 Å². The Bertz CT molecular complexity index is 1010. The standard InChI is InChI=1S/C19H16ClN5O2/c1-11-4-5-13(15(26)7-12-3-2-6-22-9-12)8-14(11)25-19(27)17-16(20)18(21)24-10-23-17/h2-6,8-10H,7H2,1H3,(H,25,27)(H2,21,23,24). The van der Waals surface area contributed by atoms with E-state index in [1.165, 1.54) is 0 Å². The van der Waals surface area contributed by atoms with Crippen LogP contribution in [0.1, 0.15) is 32.0 Å². The third-order valence-electron chi connectivity index (χ3n) is 3.93. The second kappa shape index (κ2) is 7.92. The van der Waals surface area contributed by atoms with Crippen molar-refractivity contribution in [2.24, 2.45) is 0 Å². The maximum atomic E-state index is 12.5. The molecule has 0 radical (unpaired) electrons. The van der Waals surface area contributed by atoms with Gasteiger partial charge in [0.2, 0.25) is 0 Å². The van der Waals surface area contributed by atoms with Gasteiger partial charge in [0.25, 0.3) is 5.91 Å². The number of benzene rings is 1. The number of nitrogens with two attached hydrogens (primary N) is 1. The van der Waals surface area contributed by atoms with E-state index >= 15 is 0 Å². The number of nitrogen functional groups attached to an aromatic ring is 1. The van der Waals surface area contributed by atoms with Gasteiger partial charge in [-0.1, -0.05) is 29.8 Å². The van der Waals surface area contributed by atoms with Gasteiger partial charge in [-0.2, -0.15) is 0 Å². The van der Waals surface area contributed by atoms with Gasteiger partial charge in [0, 0.05) is 30.1 Å². The summed E-state index contributed by atoms with van der Waals surface area (Å²) >= 11 is 6.00. The SMILES string of the molecule is Cc1ccc(C(=O)Cc2cccnc2)cc1NC(=O)c1ncnc(N)c1Cl. The first kappa shape index (κ1) is 18.5. The van der Waals surface area contributed by atoms with Crippen LogP contribution in [0.4, 0.5) is 11.5 Å². The van der Waals surface area contributed by atoms with Gasteiger partial charge >= 0.3 is 0 Å². The molecule has 0 bridgehead atoms. The average Bonchev–Trinajstić information content (AvgIpc) is 2.66. The van der Waals surface area contributed by atoms with E-state index in [0.29, 0.717) is 11.3 Å². The molecule has 27 heavy (non-hydrogen) atoms. The molecule has 7 nitrogen and oxygen atoms in total. The number of carbonyl (C=O) groups excluding carboxylic acids is 2. The van der Waals surface area contributed by atoms with E-state index in [1.54, 1.807) is 36.7 Å². The number of pyridine rings is 1.